The number of halogens is 3. The van der Waals surface area contributed by atoms with Gasteiger partial charge in [-0.05, 0) is 38.1 Å². The van der Waals surface area contributed by atoms with E-state index in [0.29, 0.717) is 22.8 Å². The molecule has 3 aromatic rings. The number of benzene rings is 2. The fraction of sp³-hybridized carbons (Fsp3) is 0.143. The molecule has 0 aliphatic rings. The zero-order valence-corrected chi connectivity index (χ0v) is 17.0. The average molecular weight is 436 g/mol. The number of pyridine rings is 1. The van der Waals surface area contributed by atoms with Crippen LogP contribution in [0.3, 0.4) is 0 Å². The smallest absolute Gasteiger partial charge is 0.342 e. The zero-order valence-electron chi connectivity index (χ0n) is 15.5. The number of hydrogen-bond donors (Lipinski definition) is 1. The van der Waals surface area contributed by atoms with Gasteiger partial charge in [0.1, 0.15) is 17.1 Å². The summed E-state index contributed by atoms with van der Waals surface area (Å²) in [7, 11) is 0. The number of nitrogens with zero attached hydrogens (tertiary/aromatic N) is 1. The molecule has 0 saturated heterocycles. The molecule has 150 valence electrons. The molecule has 0 amide bonds. The molecular weight excluding hydrogens is 420 g/mol. The molecule has 0 unspecified atom stereocenters. The van der Waals surface area contributed by atoms with E-state index in [-0.39, 0.29) is 22.2 Å². The summed E-state index contributed by atoms with van der Waals surface area (Å²) in [5, 5.41) is 10.3. The maximum atomic E-state index is 13.5. The van der Waals surface area contributed by atoms with Gasteiger partial charge in [0.25, 0.3) is 0 Å². The van der Waals surface area contributed by atoms with E-state index in [1.165, 1.54) is 30.3 Å². The third-order valence-electron chi connectivity index (χ3n) is 4.41. The van der Waals surface area contributed by atoms with Gasteiger partial charge in [0.15, 0.2) is 5.75 Å². The van der Waals surface area contributed by atoms with Crippen molar-refractivity contribution in [1.82, 2.24) is 4.57 Å². The van der Waals surface area contributed by atoms with Gasteiger partial charge in [-0.1, -0.05) is 35.3 Å². The Balaban J connectivity index is 2.32. The van der Waals surface area contributed by atoms with Crippen molar-refractivity contribution < 1.29 is 19.0 Å². The van der Waals surface area contributed by atoms with Crippen LogP contribution in [0.2, 0.25) is 10.0 Å². The van der Waals surface area contributed by atoms with Crippen molar-refractivity contribution in [1.29, 1.82) is 0 Å². The normalized spacial score (nSPS) is 10.8. The number of carboxylic acids is 1. The molecule has 0 atom stereocenters. The van der Waals surface area contributed by atoms with Crippen molar-refractivity contribution in [2.24, 2.45) is 0 Å². The second kappa shape index (κ2) is 8.27. The van der Waals surface area contributed by atoms with Crippen LogP contribution in [0, 0.1) is 12.7 Å². The lowest BCUT2D eigenvalue weighted by atomic mass is 10.0. The quantitative estimate of drug-likeness (QED) is 0.551. The Hall–Kier alpha value is -2.83. The third-order valence-corrected chi connectivity index (χ3v) is 5.15. The lowest BCUT2D eigenvalue weighted by Gasteiger charge is -2.21. The minimum Gasteiger partial charge on any atom is -0.477 e. The minimum absolute atomic E-state index is 0.0893. The highest BCUT2D eigenvalue weighted by Crippen LogP contribution is 2.33. The van der Waals surface area contributed by atoms with Gasteiger partial charge in [-0.2, -0.15) is 0 Å². The molecule has 5 nitrogen and oxygen atoms in total. The summed E-state index contributed by atoms with van der Waals surface area (Å²) in [6, 6.07) is 9.88. The Morgan fingerprint density at radius 2 is 1.90 bits per heavy atom. The van der Waals surface area contributed by atoms with E-state index in [1.807, 2.05) is 0 Å². The molecule has 0 fully saturated rings. The van der Waals surface area contributed by atoms with Crippen LogP contribution in [-0.4, -0.2) is 15.6 Å². The first-order valence-corrected chi connectivity index (χ1v) is 9.39. The molecule has 2 aromatic carbocycles. The highest BCUT2D eigenvalue weighted by atomic mass is 35.5. The summed E-state index contributed by atoms with van der Waals surface area (Å²) >= 11 is 12.1. The van der Waals surface area contributed by atoms with Crippen molar-refractivity contribution in [3.05, 3.63) is 79.8 Å². The van der Waals surface area contributed by atoms with Crippen LogP contribution < -0.4 is 10.2 Å². The second-order valence-electron chi connectivity index (χ2n) is 6.21. The molecule has 0 saturated carbocycles. The maximum absolute atomic E-state index is 13.5. The molecule has 0 bridgehead atoms. The van der Waals surface area contributed by atoms with E-state index in [2.05, 4.69) is 0 Å². The fourth-order valence-corrected chi connectivity index (χ4v) is 3.41. The number of aromatic carboxylic acids is 1. The largest absolute Gasteiger partial charge is 0.477 e. The lowest BCUT2D eigenvalue weighted by molar-refractivity contribution is 0.0695. The number of rotatable bonds is 5. The highest BCUT2D eigenvalue weighted by Gasteiger charge is 2.26. The van der Waals surface area contributed by atoms with E-state index in [1.54, 1.807) is 24.5 Å². The van der Waals surface area contributed by atoms with Crippen molar-refractivity contribution >= 4 is 29.2 Å². The molecule has 0 radical (unpaired) electrons. The van der Waals surface area contributed by atoms with Crippen LogP contribution >= 0.6 is 23.2 Å². The topological polar surface area (TPSA) is 68.5 Å². The molecular formula is C21H16Cl2FNO4. The van der Waals surface area contributed by atoms with Gasteiger partial charge in [-0.3, -0.25) is 4.79 Å². The molecule has 8 heteroatoms. The van der Waals surface area contributed by atoms with Crippen LogP contribution in [0.5, 0.6) is 11.5 Å². The SMILES string of the molecule is CCn1c(C)c(Oc2cccc(F)c2)c(=O)c(C(=O)O)c1-c1ccc(Cl)c(Cl)c1. The summed E-state index contributed by atoms with van der Waals surface area (Å²) in [4.78, 5) is 25.1. The Morgan fingerprint density at radius 3 is 2.48 bits per heavy atom. The van der Waals surface area contributed by atoms with E-state index in [9.17, 15) is 19.1 Å². The van der Waals surface area contributed by atoms with Crippen LogP contribution in [0.25, 0.3) is 11.3 Å². The summed E-state index contributed by atoms with van der Waals surface area (Å²) in [6.07, 6.45) is 0. The van der Waals surface area contributed by atoms with Gasteiger partial charge in [0.2, 0.25) is 5.43 Å². The van der Waals surface area contributed by atoms with Crippen molar-refractivity contribution in [2.75, 3.05) is 0 Å². The molecule has 3 rings (SSSR count). The van der Waals surface area contributed by atoms with E-state index in [0.717, 1.165) is 6.07 Å². The predicted molar refractivity (Wildman–Crippen MR) is 110 cm³/mol. The fourth-order valence-electron chi connectivity index (χ4n) is 3.12. The number of hydrogen-bond acceptors (Lipinski definition) is 3. The number of aromatic nitrogens is 1. The van der Waals surface area contributed by atoms with Crippen molar-refractivity contribution in [3.63, 3.8) is 0 Å². The molecule has 1 N–H and O–H groups in total. The Labute approximate surface area is 175 Å². The summed E-state index contributed by atoms with van der Waals surface area (Å²) in [5.41, 5.74) is -0.274. The molecule has 0 spiro atoms. The highest BCUT2D eigenvalue weighted by molar-refractivity contribution is 6.42. The maximum Gasteiger partial charge on any atom is 0.342 e. The molecule has 0 aliphatic heterocycles. The first kappa shape index (κ1) is 20.9. The lowest BCUT2D eigenvalue weighted by Crippen LogP contribution is -2.24. The number of carbonyl (C=O) groups is 1. The molecule has 0 aliphatic carbocycles. The molecule has 29 heavy (non-hydrogen) atoms. The van der Waals surface area contributed by atoms with Crippen LogP contribution in [0.4, 0.5) is 4.39 Å². The zero-order chi connectivity index (χ0) is 21.3. The van der Waals surface area contributed by atoms with Crippen LogP contribution in [0.1, 0.15) is 23.0 Å². The first-order chi connectivity index (χ1) is 13.7. The number of carboxylic acid groups (broad SMARTS) is 1. The van der Waals surface area contributed by atoms with Crippen molar-refractivity contribution in [3.8, 4) is 22.8 Å². The van der Waals surface area contributed by atoms with Gasteiger partial charge in [0.05, 0.1) is 21.4 Å². The number of ether oxygens (including phenoxy) is 1. The summed E-state index contributed by atoms with van der Waals surface area (Å²) in [6.45, 7) is 3.78. The van der Waals surface area contributed by atoms with Gasteiger partial charge in [-0.15, -0.1) is 0 Å². The second-order valence-corrected chi connectivity index (χ2v) is 7.02. The van der Waals surface area contributed by atoms with Gasteiger partial charge < -0.3 is 14.4 Å². The van der Waals surface area contributed by atoms with Gasteiger partial charge >= 0.3 is 5.97 Å². The van der Waals surface area contributed by atoms with Crippen molar-refractivity contribution in [2.45, 2.75) is 20.4 Å². The van der Waals surface area contributed by atoms with Gasteiger partial charge in [-0.25, -0.2) is 9.18 Å². The average Bonchev–Trinajstić information content (AvgIpc) is 2.66. The third kappa shape index (κ3) is 3.99. The van der Waals surface area contributed by atoms with E-state index in [4.69, 9.17) is 27.9 Å². The predicted octanol–water partition coefficient (Wildman–Crippen LogP) is 5.78. The minimum atomic E-state index is -1.41. The van der Waals surface area contributed by atoms with E-state index >= 15 is 0 Å². The van der Waals surface area contributed by atoms with Crippen LogP contribution in [0.15, 0.2) is 47.3 Å². The van der Waals surface area contributed by atoms with Gasteiger partial charge in [0, 0.05) is 18.2 Å². The molecule has 1 heterocycles. The summed E-state index contributed by atoms with van der Waals surface area (Å²) < 4.78 is 20.7. The van der Waals surface area contributed by atoms with Crippen LogP contribution in [-0.2, 0) is 6.54 Å². The molecule has 1 aromatic heterocycles. The summed E-state index contributed by atoms with van der Waals surface area (Å²) in [5.74, 6) is -2.05. The first-order valence-electron chi connectivity index (χ1n) is 8.64. The Morgan fingerprint density at radius 1 is 1.17 bits per heavy atom. The van der Waals surface area contributed by atoms with E-state index < -0.39 is 22.8 Å². The Bertz CT molecular complexity index is 1170. The standard InChI is InChI=1S/C21H16Cl2FNO4/c1-3-25-11(2)20(29-14-6-4-5-13(24)10-14)19(26)17(21(27)28)18(25)12-7-8-15(22)16(23)9-12/h4-10H,3H2,1-2H3,(H,27,28). The monoisotopic (exact) mass is 435 g/mol. The Kier molecular flexibility index (Phi) is 5.96.